The summed E-state index contributed by atoms with van der Waals surface area (Å²) in [6.45, 7) is 0.238. The molecule has 0 saturated heterocycles. The topological polar surface area (TPSA) is 80.5 Å². The van der Waals surface area contributed by atoms with Gasteiger partial charge in [-0.3, -0.25) is 9.69 Å². The molecule has 0 heterocycles. The van der Waals surface area contributed by atoms with Gasteiger partial charge in [-0.05, 0) is 29.8 Å². The van der Waals surface area contributed by atoms with Gasteiger partial charge in [-0.1, -0.05) is 41.9 Å². The molecular formula is C16H11ClN4O. The van der Waals surface area contributed by atoms with E-state index in [9.17, 15) is 4.79 Å². The van der Waals surface area contributed by atoms with Gasteiger partial charge in [0.25, 0.3) is 0 Å². The van der Waals surface area contributed by atoms with Crippen LogP contribution >= 0.6 is 11.6 Å². The first-order valence-electron chi connectivity index (χ1n) is 6.39. The molecule has 2 rings (SSSR count). The van der Waals surface area contributed by atoms with Crippen molar-refractivity contribution in [1.29, 1.82) is 5.26 Å². The highest BCUT2D eigenvalue weighted by Crippen LogP contribution is 2.20. The van der Waals surface area contributed by atoms with Crippen molar-refractivity contribution in [2.24, 2.45) is 0 Å². The second kappa shape index (κ2) is 7.19. The summed E-state index contributed by atoms with van der Waals surface area (Å²) in [5, 5.41) is 9.43. The van der Waals surface area contributed by atoms with Crippen LogP contribution in [-0.4, -0.2) is 16.4 Å². The van der Waals surface area contributed by atoms with Crippen molar-refractivity contribution in [1.82, 2.24) is 0 Å². The number of carbonyl (C=O) groups excluding carboxylic acids is 1. The first-order valence-corrected chi connectivity index (χ1v) is 6.77. The van der Waals surface area contributed by atoms with Gasteiger partial charge in [0, 0.05) is 10.7 Å². The molecule has 2 aromatic carbocycles. The van der Waals surface area contributed by atoms with E-state index in [2.05, 4.69) is 4.79 Å². The monoisotopic (exact) mass is 310 g/mol. The molecule has 0 spiro atoms. The number of rotatable bonds is 4. The van der Waals surface area contributed by atoms with Gasteiger partial charge in [0.15, 0.2) is 6.07 Å². The molecule has 0 fully saturated rings. The maximum atomic E-state index is 12.4. The van der Waals surface area contributed by atoms with Crippen LogP contribution in [0, 0.1) is 11.3 Å². The Morgan fingerprint density at radius 3 is 2.36 bits per heavy atom. The summed E-state index contributed by atoms with van der Waals surface area (Å²) >= 11 is 5.85. The zero-order valence-corrected chi connectivity index (χ0v) is 12.2. The van der Waals surface area contributed by atoms with E-state index in [4.69, 9.17) is 22.4 Å². The lowest BCUT2D eigenvalue weighted by Gasteiger charge is -2.20. The Kier molecular flexibility index (Phi) is 5.05. The number of anilines is 1. The molecule has 0 saturated carbocycles. The molecule has 0 aliphatic carbocycles. The summed E-state index contributed by atoms with van der Waals surface area (Å²) in [4.78, 5) is 16.5. The van der Waals surface area contributed by atoms with Gasteiger partial charge >= 0.3 is 11.6 Å². The van der Waals surface area contributed by atoms with E-state index in [0.717, 1.165) is 5.56 Å². The van der Waals surface area contributed by atoms with Crippen molar-refractivity contribution in [3.05, 3.63) is 70.7 Å². The SMILES string of the molecule is N#CC(=[N+]=[N-])C(=O)N(Cc1ccccc1)c1ccc(Cl)cc1. The molecule has 22 heavy (non-hydrogen) atoms. The summed E-state index contributed by atoms with van der Waals surface area (Å²) in [7, 11) is 0. The molecule has 6 heteroatoms. The zero-order valence-electron chi connectivity index (χ0n) is 11.5. The van der Waals surface area contributed by atoms with Gasteiger partial charge < -0.3 is 5.53 Å². The van der Waals surface area contributed by atoms with Gasteiger partial charge in [0.1, 0.15) is 0 Å². The van der Waals surface area contributed by atoms with Crippen LogP contribution < -0.4 is 4.90 Å². The van der Waals surface area contributed by atoms with Crippen LogP contribution in [0.2, 0.25) is 5.02 Å². The predicted octanol–water partition coefficient (Wildman–Crippen LogP) is 3.07. The Labute approximate surface area is 132 Å². The predicted molar refractivity (Wildman–Crippen MR) is 83.3 cm³/mol. The number of hydrogen-bond acceptors (Lipinski definition) is 2. The molecule has 0 aliphatic heterocycles. The minimum absolute atomic E-state index is 0.238. The molecule has 0 aromatic heterocycles. The van der Waals surface area contributed by atoms with Crippen LogP contribution in [0.4, 0.5) is 5.69 Å². The molecule has 2 aromatic rings. The van der Waals surface area contributed by atoms with Crippen LogP contribution in [0.3, 0.4) is 0 Å². The second-order valence-corrected chi connectivity index (χ2v) is 4.85. The summed E-state index contributed by atoms with van der Waals surface area (Å²) < 4.78 is 0. The third-order valence-electron chi connectivity index (χ3n) is 2.98. The lowest BCUT2D eigenvalue weighted by molar-refractivity contribution is -0.116. The molecule has 0 atom stereocenters. The number of amides is 1. The van der Waals surface area contributed by atoms with Crippen molar-refractivity contribution in [2.75, 3.05) is 4.90 Å². The zero-order chi connectivity index (χ0) is 15.9. The lowest BCUT2D eigenvalue weighted by Crippen LogP contribution is -2.36. The molecule has 0 radical (unpaired) electrons. The smallest absolute Gasteiger partial charge is 0.360 e. The summed E-state index contributed by atoms with van der Waals surface area (Å²) in [6.07, 6.45) is 0. The Hall–Kier alpha value is -2.93. The maximum absolute atomic E-state index is 12.4. The standard InChI is InChI=1S/C16H11ClN4O/c17-13-6-8-14(9-7-13)21(16(22)15(10-18)20-19)11-12-4-2-1-3-5-12/h1-9H,11H2. The van der Waals surface area contributed by atoms with Crippen LogP contribution in [0.5, 0.6) is 0 Å². The Balaban J connectivity index is 2.40. The second-order valence-electron chi connectivity index (χ2n) is 4.41. The van der Waals surface area contributed by atoms with Crippen molar-refractivity contribution in [2.45, 2.75) is 6.54 Å². The van der Waals surface area contributed by atoms with E-state index in [1.54, 1.807) is 30.3 Å². The Morgan fingerprint density at radius 1 is 1.18 bits per heavy atom. The molecule has 0 bridgehead atoms. The molecule has 1 amide bonds. The van der Waals surface area contributed by atoms with Crippen molar-refractivity contribution in [3.8, 4) is 6.07 Å². The van der Waals surface area contributed by atoms with Crippen LogP contribution in [0.15, 0.2) is 54.6 Å². The molecule has 0 N–H and O–H groups in total. The van der Waals surface area contributed by atoms with Crippen LogP contribution in [-0.2, 0) is 11.3 Å². The van der Waals surface area contributed by atoms with E-state index >= 15 is 0 Å². The number of nitriles is 1. The van der Waals surface area contributed by atoms with Gasteiger partial charge in [-0.15, -0.1) is 4.79 Å². The number of carbonyl (C=O) groups is 1. The first kappa shape index (κ1) is 15.5. The quantitative estimate of drug-likeness (QED) is 0.494. The summed E-state index contributed by atoms with van der Waals surface area (Å²) in [5.74, 6) is -0.684. The Morgan fingerprint density at radius 2 is 1.82 bits per heavy atom. The molecule has 108 valence electrons. The number of hydrogen-bond donors (Lipinski definition) is 0. The van der Waals surface area contributed by atoms with E-state index in [1.165, 1.54) is 4.90 Å². The average molecular weight is 311 g/mol. The molecule has 0 aliphatic rings. The average Bonchev–Trinajstić information content (AvgIpc) is 2.55. The summed E-state index contributed by atoms with van der Waals surface area (Å²) in [6, 6.07) is 17.5. The van der Waals surface area contributed by atoms with Crippen molar-refractivity contribution in [3.63, 3.8) is 0 Å². The minimum Gasteiger partial charge on any atom is -0.360 e. The van der Waals surface area contributed by atoms with E-state index < -0.39 is 11.6 Å². The normalized spacial score (nSPS) is 9.45. The van der Waals surface area contributed by atoms with Gasteiger partial charge in [-0.2, -0.15) is 5.26 Å². The summed E-state index contributed by atoms with van der Waals surface area (Å²) in [5.41, 5.74) is 9.65. The van der Waals surface area contributed by atoms with Crippen molar-refractivity contribution < 1.29 is 9.58 Å². The highest BCUT2D eigenvalue weighted by Gasteiger charge is 2.28. The van der Waals surface area contributed by atoms with Gasteiger partial charge in [-0.25, -0.2) is 0 Å². The fraction of sp³-hybridized carbons (Fsp3) is 0.0625. The fourth-order valence-electron chi connectivity index (χ4n) is 1.91. The van der Waals surface area contributed by atoms with Gasteiger partial charge in [0.2, 0.25) is 0 Å². The fourth-order valence-corrected chi connectivity index (χ4v) is 2.03. The van der Waals surface area contributed by atoms with E-state index in [1.807, 2.05) is 30.3 Å². The van der Waals surface area contributed by atoms with Crippen molar-refractivity contribution >= 4 is 28.9 Å². The van der Waals surface area contributed by atoms with E-state index in [0.29, 0.717) is 10.7 Å². The largest absolute Gasteiger partial charge is 0.456 e. The highest BCUT2D eigenvalue weighted by atomic mass is 35.5. The third kappa shape index (κ3) is 3.58. The highest BCUT2D eigenvalue weighted by molar-refractivity contribution is 6.47. The minimum atomic E-state index is -0.684. The number of nitrogens with zero attached hydrogens (tertiary/aromatic N) is 4. The lowest BCUT2D eigenvalue weighted by atomic mass is 10.1. The first-order chi connectivity index (χ1) is 10.7. The number of halogens is 1. The maximum Gasteiger partial charge on any atom is 0.456 e. The van der Waals surface area contributed by atoms with Gasteiger partial charge in [0.05, 0.1) is 6.54 Å². The molecular weight excluding hydrogens is 300 g/mol. The Bertz CT molecular complexity index is 759. The van der Waals surface area contributed by atoms with Crippen LogP contribution in [0.25, 0.3) is 5.53 Å². The molecule has 0 unspecified atom stereocenters. The van der Waals surface area contributed by atoms with Crippen LogP contribution in [0.1, 0.15) is 5.56 Å². The molecule has 5 nitrogen and oxygen atoms in total. The third-order valence-corrected chi connectivity index (χ3v) is 3.23. The number of benzene rings is 2. The van der Waals surface area contributed by atoms with E-state index in [-0.39, 0.29) is 6.54 Å².